The van der Waals surface area contributed by atoms with Gasteiger partial charge in [0.15, 0.2) is 0 Å². The molecular formula is C20H16F2N2O2S. The minimum Gasteiger partial charge on any atom is -0.489 e. The molecule has 27 heavy (non-hydrogen) atoms. The van der Waals surface area contributed by atoms with Crippen LogP contribution in [0.15, 0.2) is 78.0 Å². The number of benzene rings is 2. The highest BCUT2D eigenvalue weighted by Gasteiger charge is 2.09. The number of alkyl halides is 2. The van der Waals surface area contributed by atoms with Crippen LogP contribution >= 0.6 is 11.8 Å². The van der Waals surface area contributed by atoms with Crippen molar-refractivity contribution < 1.29 is 18.3 Å². The third-order valence-corrected chi connectivity index (χ3v) is 4.28. The standard InChI is InChI=1S/C20H16F2N2O2S/c21-20(22)27-18-8-6-15(7-9-18)19(25)24-16-4-1-5-17(11-16)26-13-14-3-2-10-23-12-14/h1-12,20H,13H2,(H,24,25). The maximum absolute atomic E-state index is 12.3. The van der Waals surface area contributed by atoms with Gasteiger partial charge in [-0.1, -0.05) is 23.9 Å². The average Bonchev–Trinajstić information content (AvgIpc) is 2.67. The largest absolute Gasteiger partial charge is 0.489 e. The van der Waals surface area contributed by atoms with Crippen molar-refractivity contribution >= 4 is 23.4 Å². The first-order valence-electron chi connectivity index (χ1n) is 8.08. The highest BCUT2D eigenvalue weighted by molar-refractivity contribution is 7.99. The van der Waals surface area contributed by atoms with Crippen molar-refractivity contribution in [2.45, 2.75) is 17.3 Å². The highest BCUT2D eigenvalue weighted by Crippen LogP contribution is 2.25. The molecule has 1 amide bonds. The fourth-order valence-corrected chi connectivity index (χ4v) is 2.80. The zero-order chi connectivity index (χ0) is 19.1. The summed E-state index contributed by atoms with van der Waals surface area (Å²) in [7, 11) is 0. The number of hydrogen-bond donors (Lipinski definition) is 1. The van der Waals surface area contributed by atoms with Crippen LogP contribution in [0.2, 0.25) is 0 Å². The van der Waals surface area contributed by atoms with Gasteiger partial charge in [0.05, 0.1) is 0 Å². The van der Waals surface area contributed by atoms with E-state index in [4.69, 9.17) is 4.74 Å². The highest BCUT2D eigenvalue weighted by atomic mass is 32.2. The topological polar surface area (TPSA) is 51.2 Å². The summed E-state index contributed by atoms with van der Waals surface area (Å²) in [6, 6.07) is 16.8. The quantitative estimate of drug-likeness (QED) is 0.565. The van der Waals surface area contributed by atoms with E-state index >= 15 is 0 Å². The number of pyridine rings is 1. The molecule has 4 nitrogen and oxygen atoms in total. The van der Waals surface area contributed by atoms with Gasteiger partial charge in [-0.3, -0.25) is 9.78 Å². The number of amides is 1. The van der Waals surface area contributed by atoms with Gasteiger partial charge in [-0.15, -0.1) is 0 Å². The van der Waals surface area contributed by atoms with E-state index in [1.165, 1.54) is 24.3 Å². The Hall–Kier alpha value is -2.93. The molecule has 0 spiro atoms. The lowest BCUT2D eigenvalue weighted by molar-refractivity contribution is 0.102. The molecule has 7 heteroatoms. The Morgan fingerprint density at radius 2 is 1.93 bits per heavy atom. The van der Waals surface area contributed by atoms with Crippen molar-refractivity contribution in [3.8, 4) is 5.75 Å². The molecule has 3 rings (SSSR count). The smallest absolute Gasteiger partial charge is 0.288 e. The molecule has 3 aromatic rings. The number of carbonyl (C=O) groups is 1. The zero-order valence-corrected chi connectivity index (χ0v) is 15.0. The second-order valence-corrected chi connectivity index (χ2v) is 6.60. The van der Waals surface area contributed by atoms with E-state index < -0.39 is 5.76 Å². The van der Waals surface area contributed by atoms with Crippen molar-refractivity contribution in [2.24, 2.45) is 0 Å². The fraction of sp³-hybridized carbons (Fsp3) is 0.100. The van der Waals surface area contributed by atoms with Crippen LogP contribution in [0.3, 0.4) is 0 Å². The van der Waals surface area contributed by atoms with E-state index in [9.17, 15) is 13.6 Å². The van der Waals surface area contributed by atoms with E-state index in [2.05, 4.69) is 10.3 Å². The van der Waals surface area contributed by atoms with Gasteiger partial charge in [0.2, 0.25) is 0 Å². The molecule has 1 N–H and O–H groups in total. The Morgan fingerprint density at radius 1 is 1.11 bits per heavy atom. The van der Waals surface area contributed by atoms with Gasteiger partial charge >= 0.3 is 0 Å². The molecule has 0 aliphatic rings. The second-order valence-electron chi connectivity index (χ2n) is 5.53. The van der Waals surface area contributed by atoms with Crippen molar-refractivity contribution in [2.75, 3.05) is 5.32 Å². The first kappa shape index (κ1) is 18.8. The Balaban J connectivity index is 1.60. The number of rotatable bonds is 7. The van der Waals surface area contributed by atoms with E-state index in [-0.39, 0.29) is 5.91 Å². The summed E-state index contributed by atoms with van der Waals surface area (Å²) in [4.78, 5) is 16.8. The normalized spacial score (nSPS) is 10.6. The van der Waals surface area contributed by atoms with Gasteiger partial charge in [-0.05, 0) is 42.5 Å². The number of nitrogens with one attached hydrogen (secondary N) is 1. The van der Waals surface area contributed by atoms with Crippen LogP contribution in [0, 0.1) is 0 Å². The SMILES string of the molecule is O=C(Nc1cccc(OCc2cccnc2)c1)c1ccc(SC(F)F)cc1. The maximum Gasteiger partial charge on any atom is 0.288 e. The van der Waals surface area contributed by atoms with Crippen molar-refractivity contribution in [1.29, 1.82) is 0 Å². The van der Waals surface area contributed by atoms with Crippen LogP contribution < -0.4 is 10.1 Å². The zero-order valence-electron chi connectivity index (χ0n) is 14.1. The number of carbonyl (C=O) groups excluding carboxylic acids is 1. The Labute approximate surface area is 159 Å². The summed E-state index contributed by atoms with van der Waals surface area (Å²) in [5.41, 5.74) is 1.90. The third kappa shape index (κ3) is 5.79. The number of nitrogens with zero attached hydrogens (tertiary/aromatic N) is 1. The molecule has 0 unspecified atom stereocenters. The Bertz CT molecular complexity index is 890. The molecular weight excluding hydrogens is 370 g/mol. The van der Waals surface area contributed by atoms with Gasteiger partial charge in [0.1, 0.15) is 12.4 Å². The average molecular weight is 386 g/mol. The molecule has 0 saturated heterocycles. The predicted molar refractivity (Wildman–Crippen MR) is 101 cm³/mol. The first-order valence-corrected chi connectivity index (χ1v) is 8.96. The van der Waals surface area contributed by atoms with Crippen molar-refractivity contribution in [3.05, 3.63) is 84.2 Å². The molecule has 2 aromatic carbocycles. The summed E-state index contributed by atoms with van der Waals surface area (Å²) in [6.07, 6.45) is 3.42. The van der Waals surface area contributed by atoms with Crippen LogP contribution in [-0.2, 0) is 6.61 Å². The molecule has 138 valence electrons. The van der Waals surface area contributed by atoms with Gasteiger partial charge in [-0.25, -0.2) is 0 Å². The van der Waals surface area contributed by atoms with Gasteiger partial charge in [-0.2, -0.15) is 8.78 Å². The molecule has 0 aliphatic heterocycles. The molecule has 1 aromatic heterocycles. The summed E-state index contributed by atoms with van der Waals surface area (Å²) >= 11 is 0.442. The molecule has 0 fully saturated rings. The molecule has 0 bridgehead atoms. The Kier molecular flexibility index (Phi) is 6.38. The van der Waals surface area contributed by atoms with Crippen molar-refractivity contribution in [1.82, 2.24) is 4.98 Å². The summed E-state index contributed by atoms with van der Waals surface area (Å²) in [5, 5.41) is 2.77. The van der Waals surface area contributed by atoms with Crippen molar-refractivity contribution in [3.63, 3.8) is 0 Å². The van der Waals surface area contributed by atoms with Gasteiger partial charge in [0.25, 0.3) is 11.7 Å². The molecule has 0 saturated carbocycles. The number of thioether (sulfide) groups is 1. The van der Waals surface area contributed by atoms with E-state index in [0.29, 0.717) is 40.3 Å². The number of ether oxygens (including phenoxy) is 1. The molecule has 0 aliphatic carbocycles. The van der Waals surface area contributed by atoms with Gasteiger partial charge in [0, 0.05) is 40.2 Å². The van der Waals surface area contributed by atoms with E-state index in [1.807, 2.05) is 12.1 Å². The number of halogens is 2. The molecule has 1 heterocycles. The van der Waals surface area contributed by atoms with Crippen LogP contribution in [0.1, 0.15) is 15.9 Å². The summed E-state index contributed by atoms with van der Waals surface area (Å²) in [5.74, 6) is -2.20. The van der Waals surface area contributed by atoms with Crippen LogP contribution in [0.5, 0.6) is 5.75 Å². The number of anilines is 1. The molecule has 0 atom stereocenters. The number of hydrogen-bond acceptors (Lipinski definition) is 4. The third-order valence-electron chi connectivity index (χ3n) is 3.56. The maximum atomic E-state index is 12.3. The summed E-state index contributed by atoms with van der Waals surface area (Å²) in [6.45, 7) is 0.370. The predicted octanol–water partition coefficient (Wildman–Crippen LogP) is 5.23. The monoisotopic (exact) mass is 386 g/mol. The Morgan fingerprint density at radius 3 is 2.63 bits per heavy atom. The lowest BCUT2D eigenvalue weighted by atomic mass is 10.2. The van der Waals surface area contributed by atoms with Crippen LogP contribution in [0.4, 0.5) is 14.5 Å². The van der Waals surface area contributed by atoms with Crippen LogP contribution in [-0.4, -0.2) is 16.6 Å². The number of aromatic nitrogens is 1. The van der Waals surface area contributed by atoms with Gasteiger partial charge < -0.3 is 10.1 Å². The van der Waals surface area contributed by atoms with Crippen LogP contribution in [0.25, 0.3) is 0 Å². The molecule has 0 radical (unpaired) electrons. The van der Waals surface area contributed by atoms with E-state index in [1.54, 1.807) is 36.7 Å². The second kappa shape index (κ2) is 9.14. The first-order chi connectivity index (χ1) is 13.1. The van der Waals surface area contributed by atoms with E-state index in [0.717, 1.165) is 5.56 Å². The minimum absolute atomic E-state index is 0.326. The summed E-state index contributed by atoms with van der Waals surface area (Å²) < 4.78 is 30.4. The lowest BCUT2D eigenvalue weighted by Gasteiger charge is -2.09. The minimum atomic E-state index is -2.49. The lowest BCUT2D eigenvalue weighted by Crippen LogP contribution is -2.11. The fourth-order valence-electron chi connectivity index (χ4n) is 2.30.